The van der Waals surface area contributed by atoms with E-state index in [4.69, 9.17) is 13.7 Å². The van der Waals surface area contributed by atoms with Gasteiger partial charge in [0.1, 0.15) is 11.2 Å². The first-order chi connectivity index (χ1) is 15.3. The summed E-state index contributed by atoms with van der Waals surface area (Å²) in [5, 5.41) is 4.59. The van der Waals surface area contributed by atoms with Crippen molar-refractivity contribution >= 4 is 45.3 Å². The van der Waals surface area contributed by atoms with Crippen molar-refractivity contribution in [3.8, 4) is 11.1 Å². The normalized spacial score (nSPS) is 17.6. The minimum absolute atomic E-state index is 0.366. The molecule has 1 aromatic heterocycles. The summed E-state index contributed by atoms with van der Waals surface area (Å²) in [4.78, 5) is 0. The zero-order valence-corrected chi connectivity index (χ0v) is 18.8. The van der Waals surface area contributed by atoms with Gasteiger partial charge in [0, 0.05) is 16.2 Å². The third-order valence-corrected chi connectivity index (χ3v) is 7.11. The molecule has 1 aliphatic heterocycles. The molecule has 1 fully saturated rings. The standard InChI is InChI=1S/C28H25BO3/c1-27(2)28(3,4)32-29(31-27)20-11-7-10-19(17-20)21-13-8-14-24-25(21)23-16-15-18-9-5-6-12-22(18)26(23)30-24/h5-17H,1-4H3. The van der Waals surface area contributed by atoms with E-state index >= 15 is 0 Å². The fraction of sp³-hybridized carbons (Fsp3) is 0.214. The third kappa shape index (κ3) is 2.83. The molecule has 2 heterocycles. The van der Waals surface area contributed by atoms with Gasteiger partial charge in [-0.2, -0.15) is 0 Å². The monoisotopic (exact) mass is 420 g/mol. The van der Waals surface area contributed by atoms with E-state index in [2.05, 4.69) is 100 Å². The van der Waals surface area contributed by atoms with Crippen LogP contribution in [-0.2, 0) is 9.31 Å². The highest BCUT2D eigenvalue weighted by Gasteiger charge is 2.51. The van der Waals surface area contributed by atoms with Crippen LogP contribution in [0.15, 0.2) is 83.3 Å². The van der Waals surface area contributed by atoms with Crippen molar-refractivity contribution in [2.75, 3.05) is 0 Å². The number of rotatable bonds is 2. The molecule has 0 atom stereocenters. The van der Waals surface area contributed by atoms with E-state index in [9.17, 15) is 0 Å². The lowest BCUT2D eigenvalue weighted by Gasteiger charge is -2.32. The maximum atomic E-state index is 6.36. The summed E-state index contributed by atoms with van der Waals surface area (Å²) >= 11 is 0. The molecule has 0 amide bonds. The van der Waals surface area contributed by atoms with Crippen LogP contribution in [0.1, 0.15) is 27.7 Å². The Labute approximate surface area is 188 Å². The number of benzene rings is 4. The van der Waals surface area contributed by atoms with Crippen LogP contribution in [0.25, 0.3) is 43.8 Å². The van der Waals surface area contributed by atoms with Gasteiger partial charge in [0.2, 0.25) is 0 Å². The van der Waals surface area contributed by atoms with Gasteiger partial charge in [-0.05, 0) is 61.8 Å². The Morgan fingerprint density at radius 3 is 2.25 bits per heavy atom. The smallest absolute Gasteiger partial charge is 0.455 e. The van der Waals surface area contributed by atoms with Gasteiger partial charge >= 0.3 is 7.12 Å². The number of fused-ring (bicyclic) bond motifs is 5. The average molecular weight is 420 g/mol. The van der Waals surface area contributed by atoms with Crippen LogP contribution >= 0.6 is 0 Å². The maximum Gasteiger partial charge on any atom is 0.494 e. The zero-order chi connectivity index (χ0) is 22.1. The van der Waals surface area contributed by atoms with Gasteiger partial charge in [0.05, 0.1) is 11.2 Å². The minimum atomic E-state index is -0.385. The largest absolute Gasteiger partial charge is 0.494 e. The van der Waals surface area contributed by atoms with Gasteiger partial charge in [0.25, 0.3) is 0 Å². The van der Waals surface area contributed by atoms with Gasteiger partial charge in [-0.25, -0.2) is 0 Å². The second-order valence-corrected chi connectivity index (χ2v) is 9.66. The van der Waals surface area contributed by atoms with E-state index in [0.29, 0.717) is 0 Å². The van der Waals surface area contributed by atoms with Gasteiger partial charge in [-0.3, -0.25) is 0 Å². The molecule has 0 radical (unpaired) electrons. The van der Waals surface area contributed by atoms with E-state index in [0.717, 1.165) is 43.9 Å². The number of hydrogen-bond donors (Lipinski definition) is 0. The van der Waals surface area contributed by atoms with Crippen LogP contribution in [-0.4, -0.2) is 18.3 Å². The molecule has 1 aliphatic rings. The molecule has 0 bridgehead atoms. The third-order valence-electron chi connectivity index (χ3n) is 7.11. The maximum absolute atomic E-state index is 6.36. The summed E-state index contributed by atoms with van der Waals surface area (Å²) < 4.78 is 18.9. The lowest BCUT2D eigenvalue weighted by Crippen LogP contribution is -2.41. The van der Waals surface area contributed by atoms with Crippen molar-refractivity contribution < 1.29 is 13.7 Å². The number of furan rings is 1. The molecule has 5 aromatic rings. The highest BCUT2D eigenvalue weighted by atomic mass is 16.7. The van der Waals surface area contributed by atoms with Crippen molar-refractivity contribution in [1.82, 2.24) is 0 Å². The summed E-state index contributed by atoms with van der Waals surface area (Å²) in [5.74, 6) is 0. The van der Waals surface area contributed by atoms with Crippen LogP contribution < -0.4 is 5.46 Å². The van der Waals surface area contributed by atoms with Gasteiger partial charge in [-0.1, -0.05) is 66.7 Å². The summed E-state index contributed by atoms with van der Waals surface area (Å²) in [6.45, 7) is 8.33. The SMILES string of the molecule is CC1(C)OB(c2cccc(-c3cccc4oc5c6ccccc6ccc5c34)c2)OC1(C)C. The molecule has 0 spiro atoms. The van der Waals surface area contributed by atoms with E-state index in [-0.39, 0.29) is 18.3 Å². The first kappa shape index (κ1) is 19.6. The molecule has 32 heavy (non-hydrogen) atoms. The van der Waals surface area contributed by atoms with Crippen molar-refractivity contribution in [2.45, 2.75) is 38.9 Å². The van der Waals surface area contributed by atoms with E-state index in [1.165, 1.54) is 5.39 Å². The Hall–Kier alpha value is -3.08. The average Bonchev–Trinajstić information content (AvgIpc) is 3.27. The summed E-state index contributed by atoms with van der Waals surface area (Å²) in [5.41, 5.74) is 4.40. The quantitative estimate of drug-likeness (QED) is 0.298. The van der Waals surface area contributed by atoms with Crippen molar-refractivity contribution in [3.63, 3.8) is 0 Å². The topological polar surface area (TPSA) is 31.6 Å². The number of hydrogen-bond acceptors (Lipinski definition) is 3. The van der Waals surface area contributed by atoms with Crippen LogP contribution in [0.5, 0.6) is 0 Å². The molecule has 3 nitrogen and oxygen atoms in total. The fourth-order valence-electron chi connectivity index (χ4n) is 4.63. The molecule has 158 valence electrons. The minimum Gasteiger partial charge on any atom is -0.455 e. The second kappa shape index (κ2) is 6.71. The summed E-state index contributed by atoms with van der Waals surface area (Å²) in [7, 11) is -0.385. The van der Waals surface area contributed by atoms with Crippen LogP contribution in [0.3, 0.4) is 0 Å². The lowest BCUT2D eigenvalue weighted by atomic mass is 9.78. The zero-order valence-electron chi connectivity index (χ0n) is 18.8. The van der Waals surface area contributed by atoms with Crippen LogP contribution in [0.4, 0.5) is 0 Å². The van der Waals surface area contributed by atoms with Gasteiger partial charge < -0.3 is 13.7 Å². The Morgan fingerprint density at radius 1 is 0.688 bits per heavy atom. The van der Waals surface area contributed by atoms with E-state index in [1.54, 1.807) is 0 Å². The molecule has 4 aromatic carbocycles. The first-order valence-electron chi connectivity index (χ1n) is 11.1. The van der Waals surface area contributed by atoms with E-state index < -0.39 is 0 Å². The van der Waals surface area contributed by atoms with Crippen molar-refractivity contribution in [1.29, 1.82) is 0 Å². The summed E-state index contributed by atoms with van der Waals surface area (Å²) in [6.07, 6.45) is 0. The molecule has 0 N–H and O–H groups in total. The predicted octanol–water partition coefficient (Wildman–Crippen LogP) is 6.71. The Bertz CT molecular complexity index is 1480. The Balaban J connectivity index is 1.52. The predicted molar refractivity (Wildman–Crippen MR) is 132 cm³/mol. The van der Waals surface area contributed by atoms with E-state index in [1.807, 2.05) is 6.07 Å². The molecule has 4 heteroatoms. The lowest BCUT2D eigenvalue weighted by molar-refractivity contribution is 0.00578. The Morgan fingerprint density at radius 2 is 1.44 bits per heavy atom. The van der Waals surface area contributed by atoms with Crippen LogP contribution in [0.2, 0.25) is 0 Å². The molecule has 6 rings (SSSR count). The van der Waals surface area contributed by atoms with Crippen LogP contribution in [0, 0.1) is 0 Å². The van der Waals surface area contributed by atoms with Crippen molar-refractivity contribution in [3.05, 3.63) is 78.9 Å². The highest BCUT2D eigenvalue weighted by Crippen LogP contribution is 2.40. The first-order valence-corrected chi connectivity index (χ1v) is 11.1. The molecular formula is C28H25BO3. The second-order valence-electron chi connectivity index (χ2n) is 9.66. The van der Waals surface area contributed by atoms with Gasteiger partial charge in [-0.15, -0.1) is 0 Å². The fourth-order valence-corrected chi connectivity index (χ4v) is 4.63. The highest BCUT2D eigenvalue weighted by molar-refractivity contribution is 6.62. The molecule has 0 saturated carbocycles. The molecule has 1 saturated heterocycles. The Kier molecular flexibility index (Phi) is 4.11. The summed E-state index contributed by atoms with van der Waals surface area (Å²) in [6, 6.07) is 27.4. The van der Waals surface area contributed by atoms with Gasteiger partial charge in [0.15, 0.2) is 0 Å². The van der Waals surface area contributed by atoms with Crippen molar-refractivity contribution in [2.24, 2.45) is 0 Å². The molecule has 0 aliphatic carbocycles. The molecule has 0 unspecified atom stereocenters. The molecular weight excluding hydrogens is 395 g/mol.